The van der Waals surface area contributed by atoms with E-state index in [-0.39, 0.29) is 0 Å². The van der Waals surface area contributed by atoms with Crippen molar-refractivity contribution in [1.29, 1.82) is 0 Å². The van der Waals surface area contributed by atoms with Gasteiger partial charge >= 0.3 is 0 Å². The molecule has 0 fully saturated rings. The van der Waals surface area contributed by atoms with Crippen molar-refractivity contribution in [3.8, 4) is 34.0 Å². The van der Waals surface area contributed by atoms with Gasteiger partial charge in [-0.2, -0.15) is 0 Å². The predicted octanol–water partition coefficient (Wildman–Crippen LogP) is 23.9. The van der Waals surface area contributed by atoms with E-state index in [1.807, 2.05) is 18.3 Å². The summed E-state index contributed by atoms with van der Waals surface area (Å²) in [5, 5.41) is 4.31. The van der Waals surface area contributed by atoms with Crippen LogP contribution in [0.15, 0.2) is 376 Å². The predicted molar refractivity (Wildman–Crippen MR) is 400 cm³/mol. The molecule has 4 heterocycles. The molecular formula is C88H62N8. The summed E-state index contributed by atoms with van der Waals surface area (Å²) >= 11 is 0. The van der Waals surface area contributed by atoms with Crippen LogP contribution in [0.1, 0.15) is 0 Å². The second-order valence-corrected chi connectivity index (χ2v) is 23.9. The van der Waals surface area contributed by atoms with E-state index < -0.39 is 0 Å². The molecule has 0 amide bonds. The summed E-state index contributed by atoms with van der Waals surface area (Å²) in [6.45, 7) is 0. The molecule has 17 aromatic rings. The van der Waals surface area contributed by atoms with Gasteiger partial charge in [-0.25, -0.2) is 4.98 Å². The highest BCUT2D eigenvalue weighted by Crippen LogP contribution is 2.47. The van der Waals surface area contributed by atoms with Crippen LogP contribution < -0.4 is 19.6 Å². The second kappa shape index (κ2) is 24.9. The van der Waals surface area contributed by atoms with Crippen molar-refractivity contribution >= 4 is 112 Å². The summed E-state index contributed by atoms with van der Waals surface area (Å²) in [5.41, 5.74) is 20.6. The summed E-state index contributed by atoms with van der Waals surface area (Å²) in [6, 6.07) is 132. The van der Waals surface area contributed by atoms with Crippen LogP contribution in [0.4, 0.5) is 68.2 Å². The van der Waals surface area contributed by atoms with E-state index in [9.17, 15) is 0 Å². The van der Waals surface area contributed by atoms with Crippen molar-refractivity contribution < 1.29 is 0 Å². The minimum atomic E-state index is 0.763. The number of nitrogens with zero attached hydrogens (tertiary/aromatic N) is 8. The van der Waals surface area contributed by atoms with Gasteiger partial charge in [-0.1, -0.05) is 170 Å². The van der Waals surface area contributed by atoms with Gasteiger partial charge in [0.25, 0.3) is 0 Å². The quantitative estimate of drug-likeness (QED) is 0.0961. The number of aromatic nitrogens is 4. The number of hydrogen-bond donors (Lipinski definition) is 0. The second-order valence-electron chi connectivity index (χ2n) is 23.9. The molecule has 4 aromatic heterocycles. The first-order valence-corrected chi connectivity index (χ1v) is 32.5. The molecule has 0 aliphatic carbocycles. The van der Waals surface area contributed by atoms with Crippen molar-refractivity contribution in [3.05, 3.63) is 376 Å². The third-order valence-corrected chi connectivity index (χ3v) is 18.0. The number of pyridine rings is 2. The van der Waals surface area contributed by atoms with Gasteiger partial charge in [0, 0.05) is 102 Å². The van der Waals surface area contributed by atoms with Crippen molar-refractivity contribution in [2.45, 2.75) is 0 Å². The van der Waals surface area contributed by atoms with Crippen LogP contribution in [0.25, 0.3) is 77.6 Å². The summed E-state index contributed by atoms with van der Waals surface area (Å²) < 4.78 is 4.75. The molecule has 0 bridgehead atoms. The van der Waals surface area contributed by atoms with Gasteiger partial charge in [-0.15, -0.1) is 0 Å². The average Bonchev–Trinajstić information content (AvgIpc) is 1.57. The van der Waals surface area contributed by atoms with Crippen LogP contribution in [0.2, 0.25) is 0 Å². The highest BCUT2D eigenvalue weighted by Gasteiger charge is 2.25. The summed E-state index contributed by atoms with van der Waals surface area (Å²) in [5.74, 6) is 1.53. The minimum Gasteiger partial charge on any atom is -0.310 e. The molecule has 8 heteroatoms. The fourth-order valence-electron chi connectivity index (χ4n) is 13.7. The molecule has 0 saturated heterocycles. The van der Waals surface area contributed by atoms with Gasteiger partial charge < -0.3 is 19.6 Å². The van der Waals surface area contributed by atoms with E-state index in [2.05, 4.69) is 387 Å². The lowest BCUT2D eigenvalue weighted by Gasteiger charge is -2.26. The van der Waals surface area contributed by atoms with Crippen LogP contribution >= 0.6 is 0 Å². The number of para-hydroxylation sites is 8. The van der Waals surface area contributed by atoms with Crippen LogP contribution in [-0.2, 0) is 0 Å². The minimum absolute atomic E-state index is 0.763. The molecule has 0 unspecified atom stereocenters. The molecule has 0 saturated carbocycles. The van der Waals surface area contributed by atoms with E-state index in [0.717, 1.165) is 146 Å². The first kappa shape index (κ1) is 56.9. The Morgan fingerprint density at radius 3 is 0.740 bits per heavy atom. The lowest BCUT2D eigenvalue weighted by Crippen LogP contribution is -2.09. The zero-order valence-electron chi connectivity index (χ0n) is 52.4. The Balaban J connectivity index is 0.945. The summed E-state index contributed by atoms with van der Waals surface area (Å²) in [6.07, 6.45) is 1.86. The van der Waals surface area contributed by atoms with Gasteiger partial charge in [-0.3, -0.25) is 14.1 Å². The Morgan fingerprint density at radius 2 is 0.469 bits per heavy atom. The molecule has 0 atom stereocenters. The molecule has 0 aliphatic rings. The Kier molecular flexibility index (Phi) is 14.7. The Hall–Kier alpha value is -13.0. The van der Waals surface area contributed by atoms with Crippen LogP contribution in [0, 0.1) is 0 Å². The smallest absolute Gasteiger partial charge is 0.140 e. The Bertz CT molecular complexity index is 4830. The topological polar surface area (TPSA) is 48.6 Å². The van der Waals surface area contributed by atoms with Gasteiger partial charge in [0.1, 0.15) is 11.6 Å². The number of fused-ring (bicyclic) bond motifs is 6. The maximum Gasteiger partial charge on any atom is 0.140 e. The molecule has 454 valence electrons. The molecule has 0 aliphatic heterocycles. The van der Waals surface area contributed by atoms with E-state index in [1.54, 1.807) is 0 Å². The molecule has 0 N–H and O–H groups in total. The standard InChI is InChI=1S/C88H62N8/c1-9-30-66(31-10-1)91(67-32-11-2-12-33-67)74-47-51-83-78(59-74)79-60-75(92(68-34-13-3-14-35-68)69-36-15-4-16-37-69)48-52-84(79)95(83)87-57-65(63-28-27-29-64(56-63)82-46-25-26-55-89-82)58-88(90-87)96-85-53-49-76(93(70-38-17-5-18-39-70)71-40-19-6-20-41-71)61-80(85)81-62-77(50-54-86(81)96)94(72-42-21-7-22-43-72)73-44-23-8-24-45-73/h1-62H. The first-order chi connectivity index (χ1) is 47.6. The van der Waals surface area contributed by atoms with Gasteiger partial charge in [-0.05, 0) is 211 Å². The van der Waals surface area contributed by atoms with E-state index in [4.69, 9.17) is 9.97 Å². The normalized spacial score (nSPS) is 11.3. The Morgan fingerprint density at radius 1 is 0.198 bits per heavy atom. The molecule has 17 rings (SSSR count). The molecule has 96 heavy (non-hydrogen) atoms. The molecule has 0 spiro atoms. The number of hydrogen-bond acceptors (Lipinski definition) is 6. The van der Waals surface area contributed by atoms with Crippen LogP contribution in [0.3, 0.4) is 0 Å². The first-order valence-electron chi connectivity index (χ1n) is 32.5. The van der Waals surface area contributed by atoms with E-state index in [0.29, 0.717) is 0 Å². The van der Waals surface area contributed by atoms with Crippen molar-refractivity contribution in [2.75, 3.05) is 19.6 Å². The van der Waals surface area contributed by atoms with Gasteiger partial charge in [0.15, 0.2) is 0 Å². The molecular weight excluding hydrogens is 1170 g/mol. The van der Waals surface area contributed by atoms with Gasteiger partial charge in [0.05, 0.1) is 27.8 Å². The lowest BCUT2D eigenvalue weighted by atomic mass is 10.0. The van der Waals surface area contributed by atoms with E-state index >= 15 is 0 Å². The van der Waals surface area contributed by atoms with E-state index in [1.165, 1.54) is 0 Å². The Labute approximate surface area is 557 Å². The molecule has 8 nitrogen and oxygen atoms in total. The zero-order valence-corrected chi connectivity index (χ0v) is 52.4. The average molecular weight is 1230 g/mol. The van der Waals surface area contributed by atoms with Crippen LogP contribution in [0.5, 0.6) is 0 Å². The highest BCUT2D eigenvalue weighted by atomic mass is 15.2. The SMILES string of the molecule is c1ccc(N(c2ccccc2)c2ccc3c(c2)c2cc(N(c4ccccc4)c4ccccc4)ccc2n3-c2cc(-c3cccc(-c4ccccn4)c3)cc(-n3c4ccc(N(c5ccccc5)c5ccccc5)cc4c4cc(N(c5ccccc5)c5ccccc5)ccc43)n2)cc1. The van der Waals surface area contributed by atoms with Crippen molar-refractivity contribution in [3.63, 3.8) is 0 Å². The molecule has 13 aromatic carbocycles. The largest absolute Gasteiger partial charge is 0.310 e. The third kappa shape index (κ3) is 10.6. The monoisotopic (exact) mass is 1230 g/mol. The van der Waals surface area contributed by atoms with Crippen molar-refractivity contribution in [1.82, 2.24) is 19.1 Å². The number of anilines is 12. The molecule has 0 radical (unpaired) electrons. The highest BCUT2D eigenvalue weighted by molar-refractivity contribution is 6.14. The summed E-state index contributed by atoms with van der Waals surface area (Å²) in [4.78, 5) is 20.2. The van der Waals surface area contributed by atoms with Gasteiger partial charge in [0.2, 0.25) is 0 Å². The van der Waals surface area contributed by atoms with Crippen molar-refractivity contribution in [2.24, 2.45) is 0 Å². The third-order valence-electron chi connectivity index (χ3n) is 18.0. The van der Waals surface area contributed by atoms with Crippen LogP contribution in [-0.4, -0.2) is 19.1 Å². The number of rotatable bonds is 16. The maximum atomic E-state index is 6.01. The number of benzene rings is 13. The summed E-state index contributed by atoms with van der Waals surface area (Å²) in [7, 11) is 0. The zero-order chi connectivity index (χ0) is 63.7. The maximum absolute atomic E-state index is 6.01. The fraction of sp³-hybridized carbons (Fsp3) is 0. The fourth-order valence-corrected chi connectivity index (χ4v) is 13.7. The lowest BCUT2D eigenvalue weighted by molar-refractivity contribution is 1.01.